The zero-order chi connectivity index (χ0) is 15.9. The van der Waals surface area contributed by atoms with Crippen LogP contribution >= 0.6 is 11.3 Å². The molecule has 0 radical (unpaired) electrons. The lowest BCUT2D eigenvalue weighted by molar-refractivity contribution is 1.08. The van der Waals surface area contributed by atoms with Crippen molar-refractivity contribution in [1.82, 2.24) is 14.5 Å². The first-order valence-electron chi connectivity index (χ1n) is 7.78. The molecular weight excluding hydrogens is 314 g/mol. The monoisotopic (exact) mass is 327 g/mol. The minimum atomic E-state index is 0.885. The fraction of sp³-hybridized carbons (Fsp3) is 0. The molecule has 3 heterocycles. The molecule has 0 aliphatic heterocycles. The van der Waals surface area contributed by atoms with Gasteiger partial charge in [0, 0.05) is 16.6 Å². The number of thiophene rings is 1. The minimum Gasteiger partial charge on any atom is -0.276 e. The SMILES string of the molecule is c1ccc(-n2c(-c3cc4ccccc4s3)nc3cccnc32)cc1. The quantitative estimate of drug-likeness (QED) is 0.440. The Kier molecular flexibility index (Phi) is 2.96. The first-order valence-corrected chi connectivity index (χ1v) is 8.60. The lowest BCUT2D eigenvalue weighted by Crippen LogP contribution is -1.97. The number of aromatic nitrogens is 3. The second kappa shape index (κ2) is 5.28. The molecule has 4 heteroatoms. The highest BCUT2D eigenvalue weighted by Crippen LogP contribution is 2.35. The third-order valence-corrected chi connectivity index (χ3v) is 5.19. The van der Waals surface area contributed by atoms with Gasteiger partial charge in [-0.25, -0.2) is 9.97 Å². The van der Waals surface area contributed by atoms with Gasteiger partial charge in [-0.3, -0.25) is 4.57 Å². The van der Waals surface area contributed by atoms with E-state index in [1.54, 1.807) is 11.3 Å². The normalized spacial score (nSPS) is 11.3. The second-order valence-corrected chi connectivity index (χ2v) is 6.68. The van der Waals surface area contributed by atoms with Crippen molar-refractivity contribution in [2.45, 2.75) is 0 Å². The number of para-hydroxylation sites is 1. The molecule has 0 aliphatic rings. The number of fused-ring (bicyclic) bond motifs is 2. The van der Waals surface area contributed by atoms with E-state index in [4.69, 9.17) is 4.98 Å². The van der Waals surface area contributed by atoms with Crippen LogP contribution in [0, 0.1) is 0 Å². The summed E-state index contributed by atoms with van der Waals surface area (Å²) in [6, 6.07) is 24.9. The van der Waals surface area contributed by atoms with Crippen LogP contribution in [0.1, 0.15) is 0 Å². The zero-order valence-electron chi connectivity index (χ0n) is 12.8. The summed E-state index contributed by atoms with van der Waals surface area (Å²) in [6.45, 7) is 0. The largest absolute Gasteiger partial charge is 0.276 e. The van der Waals surface area contributed by atoms with Crippen molar-refractivity contribution >= 4 is 32.6 Å². The van der Waals surface area contributed by atoms with Gasteiger partial charge in [0.2, 0.25) is 0 Å². The van der Waals surface area contributed by atoms with Crippen LogP contribution in [0.3, 0.4) is 0 Å². The highest BCUT2D eigenvalue weighted by Gasteiger charge is 2.16. The van der Waals surface area contributed by atoms with Gasteiger partial charge in [-0.15, -0.1) is 11.3 Å². The van der Waals surface area contributed by atoms with Crippen molar-refractivity contribution in [3.8, 4) is 16.4 Å². The van der Waals surface area contributed by atoms with E-state index in [0.29, 0.717) is 0 Å². The molecule has 3 nitrogen and oxygen atoms in total. The molecule has 114 valence electrons. The van der Waals surface area contributed by atoms with Crippen molar-refractivity contribution < 1.29 is 0 Å². The average molecular weight is 327 g/mol. The Morgan fingerprint density at radius 3 is 2.54 bits per heavy atom. The average Bonchev–Trinajstić information content (AvgIpc) is 3.23. The maximum absolute atomic E-state index is 4.87. The summed E-state index contributed by atoms with van der Waals surface area (Å²) >= 11 is 1.76. The first-order chi connectivity index (χ1) is 11.9. The summed E-state index contributed by atoms with van der Waals surface area (Å²) in [7, 11) is 0. The molecule has 0 fully saturated rings. The Bertz CT molecular complexity index is 1120. The van der Waals surface area contributed by atoms with Gasteiger partial charge in [0.05, 0.1) is 4.88 Å². The number of rotatable bonds is 2. The molecular formula is C20H13N3S. The number of nitrogens with zero attached hydrogens (tertiary/aromatic N) is 3. The van der Waals surface area contributed by atoms with E-state index in [-0.39, 0.29) is 0 Å². The summed E-state index contributed by atoms with van der Waals surface area (Å²) in [5.74, 6) is 0.941. The maximum atomic E-state index is 4.87. The van der Waals surface area contributed by atoms with E-state index >= 15 is 0 Å². The van der Waals surface area contributed by atoms with Gasteiger partial charge in [0.1, 0.15) is 5.52 Å². The Labute approximate surface area is 142 Å². The number of imidazole rings is 1. The smallest absolute Gasteiger partial charge is 0.164 e. The van der Waals surface area contributed by atoms with E-state index in [1.807, 2.05) is 36.5 Å². The third kappa shape index (κ3) is 2.04. The Balaban J connectivity index is 1.85. The standard InChI is InChI=1S/C20H13N3S/c1-2-8-15(9-3-1)23-19-16(10-6-12-21-19)22-20(23)18-13-14-7-4-5-11-17(14)24-18/h1-13H. The summed E-state index contributed by atoms with van der Waals surface area (Å²) in [5, 5.41) is 1.25. The maximum Gasteiger partial charge on any atom is 0.164 e. The molecule has 0 unspecified atom stereocenters. The molecule has 24 heavy (non-hydrogen) atoms. The minimum absolute atomic E-state index is 0.885. The molecule has 0 atom stereocenters. The number of hydrogen-bond acceptors (Lipinski definition) is 3. The number of hydrogen-bond donors (Lipinski definition) is 0. The molecule has 0 spiro atoms. The van der Waals surface area contributed by atoms with Crippen molar-refractivity contribution in [2.24, 2.45) is 0 Å². The molecule has 2 aromatic carbocycles. The van der Waals surface area contributed by atoms with E-state index in [2.05, 4.69) is 52.0 Å². The topological polar surface area (TPSA) is 30.7 Å². The van der Waals surface area contributed by atoms with Crippen LogP contribution in [0.4, 0.5) is 0 Å². The van der Waals surface area contributed by atoms with Crippen molar-refractivity contribution in [3.63, 3.8) is 0 Å². The van der Waals surface area contributed by atoms with Crippen LogP contribution in [-0.4, -0.2) is 14.5 Å². The predicted molar refractivity (Wildman–Crippen MR) is 99.7 cm³/mol. The highest BCUT2D eigenvalue weighted by atomic mass is 32.1. The van der Waals surface area contributed by atoms with E-state index in [9.17, 15) is 0 Å². The van der Waals surface area contributed by atoms with Crippen LogP contribution < -0.4 is 0 Å². The Morgan fingerprint density at radius 1 is 0.833 bits per heavy atom. The van der Waals surface area contributed by atoms with Crippen molar-refractivity contribution in [3.05, 3.63) is 79.0 Å². The molecule has 0 saturated carbocycles. The van der Waals surface area contributed by atoms with Gasteiger partial charge in [-0.1, -0.05) is 36.4 Å². The predicted octanol–water partition coefficient (Wildman–Crippen LogP) is 5.30. The van der Waals surface area contributed by atoms with Gasteiger partial charge < -0.3 is 0 Å². The molecule has 3 aromatic heterocycles. The van der Waals surface area contributed by atoms with Crippen LogP contribution in [0.15, 0.2) is 79.0 Å². The summed E-state index contributed by atoms with van der Waals surface area (Å²) in [5.41, 5.74) is 2.87. The second-order valence-electron chi connectivity index (χ2n) is 5.60. The number of benzene rings is 2. The third-order valence-electron chi connectivity index (χ3n) is 4.08. The Hall–Kier alpha value is -2.98. The van der Waals surface area contributed by atoms with E-state index in [0.717, 1.165) is 27.6 Å². The molecule has 5 rings (SSSR count). The fourth-order valence-electron chi connectivity index (χ4n) is 2.99. The van der Waals surface area contributed by atoms with E-state index < -0.39 is 0 Å². The number of pyridine rings is 1. The lowest BCUT2D eigenvalue weighted by atomic mass is 10.2. The fourth-order valence-corrected chi connectivity index (χ4v) is 4.03. The van der Waals surface area contributed by atoms with Crippen molar-refractivity contribution in [1.29, 1.82) is 0 Å². The molecule has 0 bridgehead atoms. The molecule has 0 aliphatic carbocycles. The van der Waals surface area contributed by atoms with Crippen LogP contribution in [0.5, 0.6) is 0 Å². The van der Waals surface area contributed by atoms with Gasteiger partial charge in [-0.05, 0) is 41.8 Å². The molecule has 0 saturated heterocycles. The van der Waals surface area contributed by atoms with E-state index in [1.165, 1.54) is 10.1 Å². The van der Waals surface area contributed by atoms with Crippen LogP contribution in [0.2, 0.25) is 0 Å². The molecule has 0 amide bonds. The van der Waals surface area contributed by atoms with Crippen LogP contribution in [-0.2, 0) is 0 Å². The van der Waals surface area contributed by atoms with Crippen molar-refractivity contribution in [2.75, 3.05) is 0 Å². The summed E-state index contributed by atoms with van der Waals surface area (Å²) < 4.78 is 3.41. The Morgan fingerprint density at radius 2 is 1.67 bits per heavy atom. The van der Waals surface area contributed by atoms with Gasteiger partial charge in [0.15, 0.2) is 11.5 Å². The zero-order valence-corrected chi connectivity index (χ0v) is 13.6. The van der Waals surface area contributed by atoms with Gasteiger partial charge in [-0.2, -0.15) is 0 Å². The summed E-state index contributed by atoms with van der Waals surface area (Å²) in [6.07, 6.45) is 1.82. The van der Waals surface area contributed by atoms with Crippen LogP contribution in [0.25, 0.3) is 37.6 Å². The van der Waals surface area contributed by atoms with Gasteiger partial charge in [0.25, 0.3) is 0 Å². The summed E-state index contributed by atoms with van der Waals surface area (Å²) in [4.78, 5) is 10.6. The lowest BCUT2D eigenvalue weighted by Gasteiger charge is -2.07. The first kappa shape index (κ1) is 13.5. The molecule has 0 N–H and O–H groups in total. The van der Waals surface area contributed by atoms with Gasteiger partial charge >= 0.3 is 0 Å². The molecule has 5 aromatic rings. The highest BCUT2D eigenvalue weighted by molar-refractivity contribution is 7.22.